The van der Waals surface area contributed by atoms with Crippen LogP contribution in [0.5, 0.6) is 0 Å². The van der Waals surface area contributed by atoms with Crippen LogP contribution in [0.1, 0.15) is 31.1 Å². The first-order valence-corrected chi connectivity index (χ1v) is 7.86. The van der Waals surface area contributed by atoms with E-state index < -0.39 is 5.97 Å². The minimum Gasteiger partial charge on any atom is -0.465 e. The molecule has 0 saturated carbocycles. The molecule has 0 bridgehead atoms. The molecule has 0 atom stereocenters. The van der Waals surface area contributed by atoms with Crippen LogP contribution in [0.2, 0.25) is 0 Å². The standard InChI is InChI=1S/C17H25N3O4/c1-5-20(10-15(21)18-12(2)3)11-16(22)19-14-9-7-6-8-13(14)17(23)24-4/h6-9,12H,5,10-11H2,1-4H3,(H,18,21)(H,19,22). The predicted molar refractivity (Wildman–Crippen MR) is 91.8 cm³/mol. The molecule has 0 saturated heterocycles. The Bertz CT molecular complexity index is 587. The third-order valence-corrected chi connectivity index (χ3v) is 3.24. The summed E-state index contributed by atoms with van der Waals surface area (Å²) >= 11 is 0. The molecule has 7 nitrogen and oxygen atoms in total. The maximum atomic E-state index is 12.2. The van der Waals surface area contributed by atoms with Gasteiger partial charge in [-0.2, -0.15) is 0 Å². The number of methoxy groups -OCH3 is 1. The van der Waals surface area contributed by atoms with Crippen molar-refractivity contribution >= 4 is 23.5 Å². The summed E-state index contributed by atoms with van der Waals surface area (Å²) in [7, 11) is 1.28. The number of carbonyl (C=O) groups excluding carboxylic acids is 3. The van der Waals surface area contributed by atoms with Crippen LogP contribution in [0.3, 0.4) is 0 Å². The summed E-state index contributed by atoms with van der Waals surface area (Å²) in [5.74, 6) is -0.949. The highest BCUT2D eigenvalue weighted by molar-refractivity contribution is 6.01. The van der Waals surface area contributed by atoms with Gasteiger partial charge in [-0.25, -0.2) is 4.79 Å². The van der Waals surface area contributed by atoms with E-state index in [0.717, 1.165) is 0 Å². The van der Waals surface area contributed by atoms with Crippen LogP contribution in [0.25, 0.3) is 0 Å². The average Bonchev–Trinajstić information content (AvgIpc) is 2.53. The maximum absolute atomic E-state index is 12.2. The van der Waals surface area contributed by atoms with E-state index in [4.69, 9.17) is 4.74 Å². The molecule has 24 heavy (non-hydrogen) atoms. The zero-order chi connectivity index (χ0) is 18.1. The number of likely N-dealkylation sites (N-methyl/N-ethyl adjacent to an activating group) is 1. The molecule has 0 aliphatic carbocycles. The topological polar surface area (TPSA) is 87.7 Å². The minimum absolute atomic E-state index is 0.0527. The molecule has 0 unspecified atom stereocenters. The van der Waals surface area contributed by atoms with Crippen LogP contribution in [0.15, 0.2) is 24.3 Å². The largest absolute Gasteiger partial charge is 0.465 e. The summed E-state index contributed by atoms with van der Waals surface area (Å²) in [6.07, 6.45) is 0. The van der Waals surface area contributed by atoms with Crippen molar-refractivity contribution in [2.24, 2.45) is 0 Å². The molecular weight excluding hydrogens is 310 g/mol. The summed E-state index contributed by atoms with van der Waals surface area (Å²) in [5.41, 5.74) is 0.672. The van der Waals surface area contributed by atoms with Crippen LogP contribution in [0, 0.1) is 0 Å². The average molecular weight is 335 g/mol. The Hall–Kier alpha value is -2.41. The molecule has 1 aromatic carbocycles. The Morgan fingerprint density at radius 1 is 1.12 bits per heavy atom. The summed E-state index contributed by atoms with van der Waals surface area (Å²) in [6.45, 7) is 6.38. The molecule has 1 aromatic rings. The Kier molecular flexibility index (Phi) is 7.91. The molecule has 1 rings (SSSR count). The molecule has 0 spiro atoms. The van der Waals surface area contributed by atoms with Crippen LogP contribution >= 0.6 is 0 Å². The lowest BCUT2D eigenvalue weighted by Gasteiger charge is -2.20. The first-order valence-electron chi connectivity index (χ1n) is 7.86. The fraction of sp³-hybridized carbons (Fsp3) is 0.471. The van der Waals surface area contributed by atoms with Crippen LogP contribution in [-0.4, -0.2) is 55.5 Å². The van der Waals surface area contributed by atoms with E-state index in [-0.39, 0.29) is 36.5 Å². The van der Waals surface area contributed by atoms with E-state index in [1.54, 1.807) is 29.2 Å². The van der Waals surface area contributed by atoms with Crippen molar-refractivity contribution in [2.75, 3.05) is 32.1 Å². The number of anilines is 1. The van der Waals surface area contributed by atoms with Crippen molar-refractivity contribution in [2.45, 2.75) is 26.8 Å². The number of rotatable bonds is 8. The third kappa shape index (κ3) is 6.37. The van der Waals surface area contributed by atoms with Gasteiger partial charge in [0.05, 0.1) is 31.5 Å². The molecule has 0 fully saturated rings. The van der Waals surface area contributed by atoms with Gasteiger partial charge in [-0.1, -0.05) is 19.1 Å². The quantitative estimate of drug-likeness (QED) is 0.698. The monoisotopic (exact) mass is 335 g/mol. The van der Waals surface area contributed by atoms with Crippen LogP contribution < -0.4 is 10.6 Å². The summed E-state index contributed by atoms with van der Waals surface area (Å²) in [4.78, 5) is 37.4. The number of carbonyl (C=O) groups is 3. The highest BCUT2D eigenvalue weighted by Gasteiger charge is 2.16. The normalized spacial score (nSPS) is 10.6. The molecule has 0 aromatic heterocycles. The molecule has 2 N–H and O–H groups in total. The lowest BCUT2D eigenvalue weighted by atomic mass is 10.2. The Morgan fingerprint density at radius 3 is 2.33 bits per heavy atom. The number of esters is 1. The van der Waals surface area contributed by atoms with Crippen molar-refractivity contribution in [3.63, 3.8) is 0 Å². The van der Waals surface area contributed by atoms with Gasteiger partial charge in [-0.15, -0.1) is 0 Å². The number of amides is 2. The zero-order valence-electron chi connectivity index (χ0n) is 14.6. The number of hydrogen-bond donors (Lipinski definition) is 2. The second-order valence-corrected chi connectivity index (χ2v) is 5.61. The lowest BCUT2D eigenvalue weighted by Crippen LogP contribution is -2.42. The first-order chi connectivity index (χ1) is 11.4. The zero-order valence-corrected chi connectivity index (χ0v) is 14.6. The molecule has 132 valence electrons. The van der Waals surface area contributed by atoms with Gasteiger partial charge < -0.3 is 15.4 Å². The predicted octanol–water partition coefficient (Wildman–Crippen LogP) is 1.26. The molecular formula is C17H25N3O4. The highest BCUT2D eigenvalue weighted by atomic mass is 16.5. The van der Waals surface area contributed by atoms with E-state index in [2.05, 4.69) is 10.6 Å². The summed E-state index contributed by atoms with van der Waals surface area (Å²) < 4.78 is 4.70. The van der Waals surface area contributed by atoms with Crippen LogP contribution in [-0.2, 0) is 14.3 Å². The minimum atomic E-state index is -0.519. The van der Waals surface area contributed by atoms with Gasteiger partial charge in [0, 0.05) is 6.04 Å². The Labute approximate surface area is 142 Å². The Morgan fingerprint density at radius 2 is 1.75 bits per heavy atom. The van der Waals surface area contributed by atoms with Crippen molar-refractivity contribution in [3.8, 4) is 0 Å². The molecule has 0 aliphatic rings. The lowest BCUT2D eigenvalue weighted by molar-refractivity contribution is -0.123. The van der Waals surface area contributed by atoms with Gasteiger partial charge in [0.25, 0.3) is 0 Å². The first kappa shape index (κ1) is 19.6. The second-order valence-electron chi connectivity index (χ2n) is 5.61. The van der Waals surface area contributed by atoms with E-state index in [0.29, 0.717) is 12.2 Å². The third-order valence-electron chi connectivity index (χ3n) is 3.24. The van der Waals surface area contributed by atoms with Crippen molar-refractivity contribution < 1.29 is 19.1 Å². The van der Waals surface area contributed by atoms with Crippen molar-refractivity contribution in [1.82, 2.24) is 10.2 Å². The number of nitrogens with zero attached hydrogens (tertiary/aromatic N) is 1. The fourth-order valence-corrected chi connectivity index (χ4v) is 2.12. The highest BCUT2D eigenvalue weighted by Crippen LogP contribution is 2.15. The smallest absolute Gasteiger partial charge is 0.339 e. The van der Waals surface area contributed by atoms with E-state index in [9.17, 15) is 14.4 Å². The number of hydrogen-bond acceptors (Lipinski definition) is 5. The van der Waals surface area contributed by atoms with Crippen LogP contribution in [0.4, 0.5) is 5.69 Å². The van der Waals surface area contributed by atoms with E-state index >= 15 is 0 Å². The van der Waals surface area contributed by atoms with Gasteiger partial charge in [0.2, 0.25) is 11.8 Å². The maximum Gasteiger partial charge on any atom is 0.339 e. The van der Waals surface area contributed by atoms with E-state index in [1.165, 1.54) is 7.11 Å². The second kappa shape index (κ2) is 9.67. The number of nitrogens with one attached hydrogen (secondary N) is 2. The molecule has 0 radical (unpaired) electrons. The van der Waals surface area contributed by atoms with Gasteiger partial charge in [-0.3, -0.25) is 14.5 Å². The number of benzene rings is 1. The molecule has 7 heteroatoms. The van der Waals surface area contributed by atoms with Gasteiger partial charge in [-0.05, 0) is 32.5 Å². The van der Waals surface area contributed by atoms with E-state index in [1.807, 2.05) is 20.8 Å². The molecule has 0 heterocycles. The molecule has 0 aliphatic heterocycles. The Balaban J connectivity index is 2.68. The number of ether oxygens (including phenoxy) is 1. The van der Waals surface area contributed by atoms with Gasteiger partial charge in [0.15, 0.2) is 0 Å². The van der Waals surface area contributed by atoms with Gasteiger partial charge in [0.1, 0.15) is 0 Å². The SMILES string of the molecule is CCN(CC(=O)Nc1ccccc1C(=O)OC)CC(=O)NC(C)C. The van der Waals surface area contributed by atoms with Crippen molar-refractivity contribution in [3.05, 3.63) is 29.8 Å². The summed E-state index contributed by atoms with van der Waals surface area (Å²) in [6, 6.07) is 6.67. The molecule has 2 amide bonds. The van der Waals surface area contributed by atoms with Crippen molar-refractivity contribution in [1.29, 1.82) is 0 Å². The fourth-order valence-electron chi connectivity index (χ4n) is 2.12. The number of para-hydroxylation sites is 1. The van der Waals surface area contributed by atoms with Gasteiger partial charge >= 0.3 is 5.97 Å². The summed E-state index contributed by atoms with van der Waals surface area (Å²) in [5, 5.41) is 5.48.